The molecule has 0 atom stereocenters. The summed E-state index contributed by atoms with van der Waals surface area (Å²) < 4.78 is 32.8. The molecule has 0 saturated carbocycles. The van der Waals surface area contributed by atoms with Crippen molar-refractivity contribution in [3.63, 3.8) is 0 Å². The van der Waals surface area contributed by atoms with Crippen LogP contribution in [0, 0.1) is 6.92 Å². The fraction of sp³-hybridized carbons (Fsp3) is 0.167. The van der Waals surface area contributed by atoms with Crippen molar-refractivity contribution in [3.8, 4) is 0 Å². The van der Waals surface area contributed by atoms with Gasteiger partial charge in [0.1, 0.15) is 11.4 Å². The Hall–Kier alpha value is -2.02. The van der Waals surface area contributed by atoms with Gasteiger partial charge in [0.2, 0.25) is 9.84 Å². The van der Waals surface area contributed by atoms with Gasteiger partial charge in [0, 0.05) is 21.1 Å². The highest BCUT2D eigenvalue weighted by molar-refractivity contribution is 7.91. The zero-order chi connectivity index (χ0) is 19.1. The lowest BCUT2D eigenvalue weighted by atomic mass is 10.2. The van der Waals surface area contributed by atoms with E-state index in [1.165, 1.54) is 31.4 Å². The summed E-state index contributed by atoms with van der Waals surface area (Å²) in [5.41, 5.74) is 0.982. The van der Waals surface area contributed by atoms with Crippen LogP contribution in [0.5, 0.6) is 0 Å². The summed E-state index contributed by atoms with van der Waals surface area (Å²) in [7, 11) is -2.54. The van der Waals surface area contributed by atoms with E-state index < -0.39 is 15.8 Å². The van der Waals surface area contributed by atoms with E-state index in [1.54, 1.807) is 29.7 Å². The Balaban J connectivity index is 2.31. The first-order valence-corrected chi connectivity index (χ1v) is 9.85. The summed E-state index contributed by atoms with van der Waals surface area (Å²) in [6.45, 7) is 1.54. The monoisotopic (exact) mass is 411 g/mol. The fourth-order valence-electron chi connectivity index (χ4n) is 2.89. The van der Waals surface area contributed by atoms with Gasteiger partial charge in [0.05, 0.1) is 17.5 Å². The number of nitrogens with zero attached hydrogens (tertiary/aromatic N) is 1. The van der Waals surface area contributed by atoms with Crippen molar-refractivity contribution in [2.45, 2.75) is 23.3 Å². The average molecular weight is 412 g/mol. The molecule has 0 fully saturated rings. The molecule has 0 bridgehead atoms. The molecule has 136 valence electrons. The first-order chi connectivity index (χ1) is 12.3. The second-order valence-corrected chi connectivity index (χ2v) is 8.46. The molecule has 0 spiro atoms. The van der Waals surface area contributed by atoms with Crippen LogP contribution in [0.25, 0.3) is 10.9 Å². The van der Waals surface area contributed by atoms with Crippen LogP contribution in [0.4, 0.5) is 0 Å². The Morgan fingerprint density at radius 2 is 1.69 bits per heavy atom. The molecule has 0 aliphatic heterocycles. The number of carbonyl (C=O) groups excluding carboxylic acids is 1. The summed E-state index contributed by atoms with van der Waals surface area (Å²) in [5, 5.41) is 1.38. The Kier molecular flexibility index (Phi) is 5.01. The van der Waals surface area contributed by atoms with Gasteiger partial charge in [0.15, 0.2) is 0 Å². The maximum atomic E-state index is 13.2. The van der Waals surface area contributed by atoms with Crippen molar-refractivity contribution in [2.24, 2.45) is 0 Å². The zero-order valence-electron chi connectivity index (χ0n) is 14.0. The van der Waals surface area contributed by atoms with Gasteiger partial charge in [-0.15, -0.1) is 0 Å². The highest BCUT2D eigenvalue weighted by Gasteiger charge is 2.27. The number of hydrogen-bond acceptors (Lipinski definition) is 4. The van der Waals surface area contributed by atoms with Gasteiger partial charge in [-0.2, -0.15) is 0 Å². The molecule has 0 unspecified atom stereocenters. The third kappa shape index (κ3) is 3.20. The molecular weight excluding hydrogens is 397 g/mol. The molecule has 3 aromatic rings. The number of hydrogen-bond donors (Lipinski definition) is 0. The molecule has 26 heavy (non-hydrogen) atoms. The number of sulfone groups is 1. The molecule has 5 nitrogen and oxygen atoms in total. The molecule has 3 rings (SSSR count). The summed E-state index contributed by atoms with van der Waals surface area (Å²) in [5.74, 6) is -0.486. The molecule has 0 amide bonds. The molecule has 8 heteroatoms. The molecule has 2 aromatic carbocycles. The average Bonchev–Trinajstić information content (AvgIpc) is 2.87. The predicted octanol–water partition coefficient (Wildman–Crippen LogP) is 4.26. The van der Waals surface area contributed by atoms with Crippen LogP contribution < -0.4 is 0 Å². The van der Waals surface area contributed by atoms with E-state index in [1.807, 2.05) is 0 Å². The predicted molar refractivity (Wildman–Crippen MR) is 101 cm³/mol. The van der Waals surface area contributed by atoms with Gasteiger partial charge >= 0.3 is 5.97 Å². The largest absolute Gasteiger partial charge is 0.468 e. The van der Waals surface area contributed by atoms with Crippen molar-refractivity contribution in [2.75, 3.05) is 7.11 Å². The van der Waals surface area contributed by atoms with E-state index in [0.29, 0.717) is 26.6 Å². The van der Waals surface area contributed by atoms with Crippen LogP contribution in [0.1, 0.15) is 5.69 Å². The lowest BCUT2D eigenvalue weighted by Gasteiger charge is -2.08. The number of methoxy groups -OCH3 is 1. The molecule has 0 N–H and O–H groups in total. The highest BCUT2D eigenvalue weighted by Crippen LogP contribution is 2.35. The first kappa shape index (κ1) is 18.8. The second kappa shape index (κ2) is 6.95. The lowest BCUT2D eigenvalue weighted by molar-refractivity contribution is -0.141. The molecular formula is C18H15Cl2NO4S. The number of aromatic nitrogens is 1. The van der Waals surface area contributed by atoms with Crippen LogP contribution in [0.15, 0.2) is 52.3 Å². The third-order valence-corrected chi connectivity index (χ3v) is 6.57. The van der Waals surface area contributed by atoms with Crippen LogP contribution in [-0.2, 0) is 25.9 Å². The SMILES string of the molecule is COC(=O)Cn1c(C)c(S(=O)(=O)c2ccc(Cl)cc2)c2ccc(Cl)cc21. The lowest BCUT2D eigenvalue weighted by Crippen LogP contribution is -2.13. The van der Waals surface area contributed by atoms with Crippen molar-refractivity contribution in [3.05, 3.63) is 58.2 Å². The highest BCUT2D eigenvalue weighted by atomic mass is 35.5. The molecule has 0 radical (unpaired) electrons. The number of esters is 1. The van der Waals surface area contributed by atoms with Crippen molar-refractivity contribution in [1.82, 2.24) is 4.57 Å². The minimum absolute atomic E-state index is 0.116. The summed E-state index contributed by atoms with van der Waals surface area (Å²) in [6, 6.07) is 10.8. The van der Waals surface area contributed by atoms with Gasteiger partial charge < -0.3 is 9.30 Å². The topological polar surface area (TPSA) is 65.4 Å². The molecule has 0 aliphatic carbocycles. The summed E-state index contributed by atoms with van der Waals surface area (Å²) in [6.07, 6.45) is 0. The zero-order valence-corrected chi connectivity index (χ0v) is 16.3. The Morgan fingerprint density at radius 1 is 1.08 bits per heavy atom. The van der Waals surface area contributed by atoms with Crippen LogP contribution in [0.2, 0.25) is 10.0 Å². The first-order valence-electron chi connectivity index (χ1n) is 7.61. The minimum atomic E-state index is -3.82. The maximum Gasteiger partial charge on any atom is 0.325 e. The molecule has 0 saturated heterocycles. The molecule has 1 aromatic heterocycles. The Labute approximate surface area is 161 Å². The molecule has 1 heterocycles. The van der Waals surface area contributed by atoms with E-state index in [4.69, 9.17) is 27.9 Å². The van der Waals surface area contributed by atoms with Crippen molar-refractivity contribution >= 4 is 49.9 Å². The van der Waals surface area contributed by atoms with Crippen molar-refractivity contribution in [1.29, 1.82) is 0 Å². The van der Waals surface area contributed by atoms with Crippen LogP contribution >= 0.6 is 23.2 Å². The second-order valence-electron chi connectivity index (χ2n) is 5.70. The van der Waals surface area contributed by atoms with E-state index >= 15 is 0 Å². The van der Waals surface area contributed by atoms with Crippen LogP contribution in [-0.4, -0.2) is 26.1 Å². The standard InChI is InChI=1S/C18H15Cl2NO4S/c1-11-18(26(23,24)14-6-3-12(19)4-7-14)15-8-5-13(20)9-16(15)21(11)10-17(22)25-2/h3-9H,10H2,1-2H3. The Morgan fingerprint density at radius 3 is 2.31 bits per heavy atom. The van der Waals surface area contributed by atoms with Gasteiger partial charge in [-0.25, -0.2) is 8.42 Å². The van der Waals surface area contributed by atoms with Crippen LogP contribution in [0.3, 0.4) is 0 Å². The number of carbonyl (C=O) groups is 1. The van der Waals surface area contributed by atoms with E-state index in [-0.39, 0.29) is 16.3 Å². The normalized spacial score (nSPS) is 11.7. The quantitative estimate of drug-likeness (QED) is 0.601. The van der Waals surface area contributed by atoms with E-state index in [2.05, 4.69) is 0 Å². The Bertz CT molecular complexity index is 1100. The smallest absolute Gasteiger partial charge is 0.325 e. The minimum Gasteiger partial charge on any atom is -0.468 e. The number of benzene rings is 2. The van der Waals surface area contributed by atoms with Gasteiger partial charge in [-0.3, -0.25) is 4.79 Å². The van der Waals surface area contributed by atoms with E-state index in [0.717, 1.165) is 0 Å². The maximum absolute atomic E-state index is 13.2. The third-order valence-electron chi connectivity index (χ3n) is 4.14. The summed E-state index contributed by atoms with van der Waals surface area (Å²) in [4.78, 5) is 12.0. The summed E-state index contributed by atoms with van der Waals surface area (Å²) >= 11 is 11.9. The van der Waals surface area contributed by atoms with E-state index in [9.17, 15) is 13.2 Å². The number of rotatable bonds is 4. The van der Waals surface area contributed by atoms with Gasteiger partial charge in [0.25, 0.3) is 0 Å². The number of ether oxygens (including phenoxy) is 1. The fourth-order valence-corrected chi connectivity index (χ4v) is 4.87. The molecule has 0 aliphatic rings. The van der Waals surface area contributed by atoms with Gasteiger partial charge in [-0.1, -0.05) is 29.3 Å². The number of fused-ring (bicyclic) bond motifs is 1. The van der Waals surface area contributed by atoms with Crippen molar-refractivity contribution < 1.29 is 17.9 Å². The number of halogens is 2. The van der Waals surface area contributed by atoms with Gasteiger partial charge in [-0.05, 0) is 43.3 Å².